The number of rotatable bonds is 7. The zero-order chi connectivity index (χ0) is 22.0. The van der Waals surface area contributed by atoms with Crippen LogP contribution in [0, 0.1) is 6.92 Å². The predicted molar refractivity (Wildman–Crippen MR) is 125 cm³/mol. The van der Waals surface area contributed by atoms with Crippen LogP contribution in [0.4, 0.5) is 5.69 Å². The maximum atomic E-state index is 13.0. The molecule has 1 saturated heterocycles. The molecule has 1 aliphatic rings. The van der Waals surface area contributed by atoms with Crippen molar-refractivity contribution in [2.45, 2.75) is 71.4 Å². The van der Waals surface area contributed by atoms with Crippen LogP contribution >= 0.6 is 0 Å². The van der Waals surface area contributed by atoms with Gasteiger partial charge in [-0.15, -0.1) is 0 Å². The molecule has 7 nitrogen and oxygen atoms in total. The fourth-order valence-electron chi connectivity index (χ4n) is 4.41. The number of benzene rings is 1. The monoisotopic (exact) mass is 423 g/mol. The van der Waals surface area contributed by atoms with Gasteiger partial charge in [-0.05, 0) is 57.4 Å². The average Bonchev–Trinajstić information content (AvgIpc) is 3.12. The van der Waals surface area contributed by atoms with Crippen molar-refractivity contribution < 1.29 is 5.11 Å². The summed E-state index contributed by atoms with van der Waals surface area (Å²) in [7, 11) is 0. The number of hydrogen-bond acceptors (Lipinski definition) is 5. The number of aliphatic hydroxyl groups is 1. The Kier molecular flexibility index (Phi) is 6.41. The van der Waals surface area contributed by atoms with E-state index in [2.05, 4.69) is 41.0 Å². The van der Waals surface area contributed by atoms with E-state index in [1.165, 1.54) is 12.8 Å². The predicted octanol–water partition coefficient (Wildman–Crippen LogP) is 4.20. The standard InChI is InChI=1S/C24H33N5O2/c1-4-5-6-7-16(2)29-22-21(17(3)27-29)25-23(26-24(22)31)18-8-10-19(11-9-18)28-14-12-20(30)13-15-28/h8-11,16,20,30H,4-7,12-15H2,1-3H3,(H,25,26,31). The molecule has 2 aromatic heterocycles. The number of aromatic amines is 1. The van der Waals surface area contributed by atoms with Crippen molar-refractivity contribution >= 4 is 16.7 Å². The van der Waals surface area contributed by atoms with Crippen molar-refractivity contribution in [3.8, 4) is 11.4 Å². The SMILES string of the molecule is CCCCCC(C)n1nc(C)c2nc(-c3ccc(N4CCC(O)CC4)cc3)[nH]c(=O)c21. The molecule has 0 bridgehead atoms. The Hall–Kier alpha value is -2.67. The van der Waals surface area contributed by atoms with Gasteiger partial charge >= 0.3 is 0 Å². The number of fused-ring (bicyclic) bond motifs is 1. The van der Waals surface area contributed by atoms with Gasteiger partial charge < -0.3 is 15.0 Å². The fourth-order valence-corrected chi connectivity index (χ4v) is 4.41. The molecule has 0 radical (unpaired) electrons. The molecule has 3 aromatic rings. The van der Waals surface area contributed by atoms with Gasteiger partial charge in [-0.1, -0.05) is 26.2 Å². The van der Waals surface area contributed by atoms with Crippen LogP contribution in [0.5, 0.6) is 0 Å². The van der Waals surface area contributed by atoms with Gasteiger partial charge in [0.2, 0.25) is 0 Å². The molecule has 166 valence electrons. The zero-order valence-corrected chi connectivity index (χ0v) is 18.8. The summed E-state index contributed by atoms with van der Waals surface area (Å²) in [6.07, 6.45) is 5.91. The molecular formula is C24H33N5O2. The van der Waals surface area contributed by atoms with Crippen LogP contribution in [-0.4, -0.2) is 44.0 Å². The highest BCUT2D eigenvalue weighted by Gasteiger charge is 2.19. The summed E-state index contributed by atoms with van der Waals surface area (Å²) in [6, 6.07) is 8.28. The Morgan fingerprint density at radius 2 is 1.90 bits per heavy atom. The molecule has 1 atom stereocenters. The Labute approximate surface area is 183 Å². The van der Waals surface area contributed by atoms with E-state index in [4.69, 9.17) is 4.98 Å². The lowest BCUT2D eigenvalue weighted by Gasteiger charge is -2.31. The molecular weight excluding hydrogens is 390 g/mol. The minimum absolute atomic E-state index is 0.142. The van der Waals surface area contributed by atoms with E-state index in [1.54, 1.807) is 0 Å². The molecule has 4 rings (SSSR count). The molecule has 0 aliphatic carbocycles. The Morgan fingerprint density at radius 1 is 1.19 bits per heavy atom. The number of hydrogen-bond donors (Lipinski definition) is 2. The molecule has 31 heavy (non-hydrogen) atoms. The summed E-state index contributed by atoms with van der Waals surface area (Å²) in [5.41, 5.74) is 3.89. The number of H-pyrrole nitrogens is 1. The first-order valence-corrected chi connectivity index (χ1v) is 11.5. The minimum atomic E-state index is -0.185. The number of anilines is 1. The topological polar surface area (TPSA) is 87.0 Å². The molecule has 0 saturated carbocycles. The number of aromatic nitrogens is 4. The molecule has 1 unspecified atom stereocenters. The second kappa shape index (κ2) is 9.22. The first-order chi connectivity index (χ1) is 15.0. The van der Waals surface area contributed by atoms with Gasteiger partial charge in [-0.2, -0.15) is 5.10 Å². The van der Waals surface area contributed by atoms with Gasteiger partial charge in [0.05, 0.1) is 17.8 Å². The third-order valence-electron chi connectivity index (χ3n) is 6.34. The van der Waals surface area contributed by atoms with Gasteiger partial charge in [-0.3, -0.25) is 9.48 Å². The summed E-state index contributed by atoms with van der Waals surface area (Å²) >= 11 is 0. The highest BCUT2D eigenvalue weighted by molar-refractivity contribution is 5.79. The van der Waals surface area contributed by atoms with Gasteiger partial charge in [0, 0.05) is 24.3 Å². The number of aliphatic hydroxyl groups excluding tert-OH is 1. The maximum Gasteiger partial charge on any atom is 0.277 e. The molecule has 3 heterocycles. The largest absolute Gasteiger partial charge is 0.393 e. The minimum Gasteiger partial charge on any atom is -0.393 e. The summed E-state index contributed by atoms with van der Waals surface area (Å²) in [5.74, 6) is 0.569. The van der Waals surface area contributed by atoms with Crippen molar-refractivity contribution in [3.05, 3.63) is 40.3 Å². The average molecular weight is 424 g/mol. The van der Waals surface area contributed by atoms with Crippen molar-refractivity contribution in [3.63, 3.8) is 0 Å². The van der Waals surface area contributed by atoms with E-state index in [0.717, 1.165) is 55.7 Å². The normalized spacial score (nSPS) is 16.2. The van der Waals surface area contributed by atoms with Crippen LogP contribution in [0.15, 0.2) is 29.1 Å². The molecule has 1 aliphatic heterocycles. The van der Waals surface area contributed by atoms with E-state index in [9.17, 15) is 9.90 Å². The number of nitrogens with zero attached hydrogens (tertiary/aromatic N) is 4. The smallest absolute Gasteiger partial charge is 0.277 e. The van der Waals surface area contributed by atoms with Crippen molar-refractivity contribution in [1.82, 2.24) is 19.7 Å². The van der Waals surface area contributed by atoms with Crippen molar-refractivity contribution in [1.29, 1.82) is 0 Å². The van der Waals surface area contributed by atoms with Crippen molar-refractivity contribution in [2.24, 2.45) is 0 Å². The number of unbranched alkanes of at least 4 members (excludes halogenated alkanes) is 2. The van der Waals surface area contributed by atoms with E-state index >= 15 is 0 Å². The van der Waals surface area contributed by atoms with Gasteiger partial charge in [0.15, 0.2) is 5.52 Å². The lowest BCUT2D eigenvalue weighted by Crippen LogP contribution is -2.35. The van der Waals surface area contributed by atoms with Crippen molar-refractivity contribution in [2.75, 3.05) is 18.0 Å². The number of aryl methyl sites for hydroxylation is 1. The fraction of sp³-hybridized carbons (Fsp3) is 0.542. The molecule has 0 spiro atoms. The second-order valence-electron chi connectivity index (χ2n) is 8.75. The lowest BCUT2D eigenvalue weighted by molar-refractivity contribution is 0.145. The maximum absolute atomic E-state index is 13.0. The molecule has 1 fully saturated rings. The van der Waals surface area contributed by atoms with E-state index in [0.29, 0.717) is 16.9 Å². The summed E-state index contributed by atoms with van der Waals surface area (Å²) in [4.78, 5) is 23.0. The molecule has 0 amide bonds. The van der Waals surface area contributed by atoms with Crippen LogP contribution in [0.1, 0.15) is 64.1 Å². The van der Waals surface area contributed by atoms with Crippen LogP contribution < -0.4 is 10.5 Å². The molecule has 1 aromatic carbocycles. The highest BCUT2D eigenvalue weighted by atomic mass is 16.3. The lowest BCUT2D eigenvalue weighted by atomic mass is 10.1. The van der Waals surface area contributed by atoms with Gasteiger partial charge in [0.1, 0.15) is 11.3 Å². The number of piperidine rings is 1. The van der Waals surface area contributed by atoms with Gasteiger partial charge in [0.25, 0.3) is 5.56 Å². The summed E-state index contributed by atoms with van der Waals surface area (Å²) < 4.78 is 1.85. The Morgan fingerprint density at radius 3 is 2.58 bits per heavy atom. The molecule has 7 heteroatoms. The Balaban J connectivity index is 1.60. The number of nitrogens with one attached hydrogen (secondary N) is 1. The Bertz CT molecular complexity index is 1080. The second-order valence-corrected chi connectivity index (χ2v) is 8.75. The van der Waals surface area contributed by atoms with Crippen LogP contribution in [0.3, 0.4) is 0 Å². The first-order valence-electron chi connectivity index (χ1n) is 11.5. The van der Waals surface area contributed by atoms with E-state index < -0.39 is 0 Å². The first kappa shape index (κ1) is 21.6. The third-order valence-corrected chi connectivity index (χ3v) is 6.34. The van der Waals surface area contributed by atoms with Gasteiger partial charge in [-0.25, -0.2) is 4.98 Å². The summed E-state index contributed by atoms with van der Waals surface area (Å²) in [6.45, 7) is 7.94. The molecule has 2 N–H and O–H groups in total. The van der Waals surface area contributed by atoms with Crippen LogP contribution in [0.2, 0.25) is 0 Å². The van der Waals surface area contributed by atoms with E-state index in [1.807, 2.05) is 23.7 Å². The third kappa shape index (κ3) is 4.51. The van der Waals surface area contributed by atoms with Crippen LogP contribution in [0.25, 0.3) is 22.4 Å². The zero-order valence-electron chi connectivity index (χ0n) is 18.8. The van der Waals surface area contributed by atoms with Crippen LogP contribution in [-0.2, 0) is 0 Å². The summed E-state index contributed by atoms with van der Waals surface area (Å²) in [5, 5.41) is 14.4. The van der Waals surface area contributed by atoms with E-state index in [-0.39, 0.29) is 17.7 Å². The quantitative estimate of drug-likeness (QED) is 0.556. The highest BCUT2D eigenvalue weighted by Crippen LogP contribution is 2.26.